The third-order valence-electron chi connectivity index (χ3n) is 6.27. The van der Waals surface area contributed by atoms with E-state index in [4.69, 9.17) is 21.1 Å². The number of methoxy groups -OCH3 is 2. The molecule has 166 valence electrons. The highest BCUT2D eigenvalue weighted by atomic mass is 35.5. The van der Waals surface area contributed by atoms with E-state index in [2.05, 4.69) is 39.4 Å². The molecular formula is C24H30ClN3O3. The van der Waals surface area contributed by atoms with Crippen molar-refractivity contribution in [2.75, 3.05) is 56.8 Å². The van der Waals surface area contributed by atoms with E-state index in [1.54, 1.807) is 14.2 Å². The van der Waals surface area contributed by atoms with Gasteiger partial charge in [0, 0.05) is 50.6 Å². The lowest BCUT2D eigenvalue weighted by molar-refractivity contribution is -0.125. The number of nitrogens with one attached hydrogen (secondary N) is 1. The van der Waals surface area contributed by atoms with Crippen LogP contribution < -0.4 is 19.9 Å². The topological polar surface area (TPSA) is 54.0 Å². The van der Waals surface area contributed by atoms with Crippen molar-refractivity contribution in [1.82, 2.24) is 5.32 Å². The second kappa shape index (κ2) is 9.79. The number of rotatable bonds is 7. The summed E-state index contributed by atoms with van der Waals surface area (Å²) in [5.41, 5.74) is 3.46. The molecule has 0 saturated carbocycles. The van der Waals surface area contributed by atoms with Gasteiger partial charge in [-0.2, -0.15) is 0 Å². The Morgan fingerprint density at radius 2 is 2.00 bits per heavy atom. The molecule has 1 saturated heterocycles. The Kier molecular flexibility index (Phi) is 6.88. The second-order valence-corrected chi connectivity index (χ2v) is 8.54. The lowest BCUT2D eigenvalue weighted by Crippen LogP contribution is -2.61. The number of halogens is 1. The summed E-state index contributed by atoms with van der Waals surface area (Å²) >= 11 is 6.29. The summed E-state index contributed by atoms with van der Waals surface area (Å²) in [5, 5.41) is 3.81. The largest absolute Gasteiger partial charge is 0.495 e. The van der Waals surface area contributed by atoms with Crippen molar-refractivity contribution in [3.05, 3.63) is 53.1 Å². The zero-order valence-corrected chi connectivity index (χ0v) is 18.9. The van der Waals surface area contributed by atoms with E-state index in [9.17, 15) is 4.79 Å². The molecule has 1 fully saturated rings. The molecule has 0 bridgehead atoms. The van der Waals surface area contributed by atoms with Gasteiger partial charge in [-0.25, -0.2) is 0 Å². The summed E-state index contributed by atoms with van der Waals surface area (Å²) < 4.78 is 10.7. The summed E-state index contributed by atoms with van der Waals surface area (Å²) in [4.78, 5) is 17.9. The SMILES string of the molecule is COCCCNC(=O)C1Cc2ccccc2N2CCN(c3cc(Cl)ccc3OC)CC12. The molecule has 0 aliphatic carbocycles. The molecule has 2 aliphatic heterocycles. The molecule has 2 aliphatic rings. The molecule has 0 spiro atoms. The maximum Gasteiger partial charge on any atom is 0.225 e. The van der Waals surface area contributed by atoms with Crippen LogP contribution in [0.2, 0.25) is 5.02 Å². The van der Waals surface area contributed by atoms with E-state index in [1.807, 2.05) is 18.2 Å². The fourth-order valence-electron chi connectivity index (χ4n) is 4.75. The Morgan fingerprint density at radius 1 is 1.16 bits per heavy atom. The molecule has 2 atom stereocenters. The van der Waals surface area contributed by atoms with Crippen LogP contribution in [0.25, 0.3) is 0 Å². The molecule has 7 heteroatoms. The van der Waals surface area contributed by atoms with E-state index < -0.39 is 0 Å². The third kappa shape index (κ3) is 4.60. The van der Waals surface area contributed by atoms with Crippen LogP contribution >= 0.6 is 11.6 Å². The van der Waals surface area contributed by atoms with Gasteiger partial charge in [-0.15, -0.1) is 0 Å². The first-order valence-corrected chi connectivity index (χ1v) is 11.2. The number of fused-ring (bicyclic) bond motifs is 3. The number of hydrogen-bond donors (Lipinski definition) is 1. The predicted octanol–water partition coefficient (Wildman–Crippen LogP) is 3.37. The van der Waals surface area contributed by atoms with Crippen LogP contribution in [-0.4, -0.2) is 59.0 Å². The van der Waals surface area contributed by atoms with Gasteiger partial charge in [0.2, 0.25) is 5.91 Å². The lowest BCUT2D eigenvalue weighted by Gasteiger charge is -2.49. The van der Waals surface area contributed by atoms with E-state index in [1.165, 1.54) is 11.3 Å². The quantitative estimate of drug-likeness (QED) is 0.665. The third-order valence-corrected chi connectivity index (χ3v) is 6.50. The van der Waals surface area contributed by atoms with Crippen molar-refractivity contribution in [2.24, 2.45) is 5.92 Å². The monoisotopic (exact) mass is 443 g/mol. The Labute approximate surface area is 189 Å². The van der Waals surface area contributed by atoms with Crippen LogP contribution in [0.5, 0.6) is 5.75 Å². The number of anilines is 2. The molecule has 0 radical (unpaired) electrons. The van der Waals surface area contributed by atoms with Crippen LogP contribution in [0, 0.1) is 5.92 Å². The number of hydrogen-bond acceptors (Lipinski definition) is 5. The van der Waals surface area contributed by atoms with Crippen molar-refractivity contribution in [3.63, 3.8) is 0 Å². The van der Waals surface area contributed by atoms with Gasteiger partial charge in [-0.1, -0.05) is 29.8 Å². The standard InChI is InChI=1S/C24H30ClN3O3/c1-30-13-5-10-26-24(29)19-14-17-6-3-4-7-20(17)28-12-11-27(16-22(19)28)21-15-18(25)8-9-23(21)31-2/h3-4,6-9,15,19,22H,5,10-14,16H2,1-2H3,(H,26,29). The number of amides is 1. The van der Waals surface area contributed by atoms with Gasteiger partial charge in [0.25, 0.3) is 0 Å². The van der Waals surface area contributed by atoms with E-state index >= 15 is 0 Å². The van der Waals surface area contributed by atoms with Crippen molar-refractivity contribution in [3.8, 4) is 5.75 Å². The minimum atomic E-state index is -0.120. The van der Waals surface area contributed by atoms with Crippen molar-refractivity contribution in [1.29, 1.82) is 0 Å². The Balaban J connectivity index is 1.60. The van der Waals surface area contributed by atoms with Gasteiger partial charge >= 0.3 is 0 Å². The molecule has 1 amide bonds. The predicted molar refractivity (Wildman–Crippen MR) is 124 cm³/mol. The fourth-order valence-corrected chi connectivity index (χ4v) is 4.91. The van der Waals surface area contributed by atoms with Gasteiger partial charge in [0.1, 0.15) is 5.75 Å². The summed E-state index contributed by atoms with van der Waals surface area (Å²) in [6, 6.07) is 14.2. The summed E-state index contributed by atoms with van der Waals surface area (Å²) in [6.07, 6.45) is 1.56. The zero-order valence-electron chi connectivity index (χ0n) is 18.1. The first-order valence-electron chi connectivity index (χ1n) is 10.8. The molecule has 0 aromatic heterocycles. The highest BCUT2D eigenvalue weighted by Gasteiger charge is 2.41. The van der Waals surface area contributed by atoms with Crippen molar-refractivity contribution < 1.29 is 14.3 Å². The van der Waals surface area contributed by atoms with Gasteiger partial charge in [0.05, 0.1) is 24.8 Å². The fraction of sp³-hybridized carbons (Fsp3) is 0.458. The number of nitrogens with zero attached hydrogens (tertiary/aromatic N) is 2. The minimum Gasteiger partial charge on any atom is -0.495 e. The number of ether oxygens (including phenoxy) is 2. The van der Waals surface area contributed by atoms with Crippen molar-refractivity contribution in [2.45, 2.75) is 18.9 Å². The summed E-state index contributed by atoms with van der Waals surface area (Å²) in [7, 11) is 3.36. The molecule has 2 heterocycles. The maximum atomic E-state index is 13.2. The highest BCUT2D eigenvalue weighted by molar-refractivity contribution is 6.30. The van der Waals surface area contributed by atoms with Gasteiger partial charge in [0.15, 0.2) is 0 Å². The maximum absolute atomic E-state index is 13.2. The number of para-hydroxylation sites is 1. The Morgan fingerprint density at radius 3 is 2.81 bits per heavy atom. The van der Waals surface area contributed by atoms with Crippen LogP contribution in [0.15, 0.2) is 42.5 Å². The van der Waals surface area contributed by atoms with Gasteiger partial charge in [-0.05, 0) is 42.7 Å². The van der Waals surface area contributed by atoms with Crippen LogP contribution in [0.4, 0.5) is 11.4 Å². The molecule has 2 aromatic rings. The zero-order chi connectivity index (χ0) is 21.8. The first-order chi connectivity index (χ1) is 15.1. The molecule has 31 heavy (non-hydrogen) atoms. The Hall–Kier alpha value is -2.44. The van der Waals surface area contributed by atoms with Crippen LogP contribution in [-0.2, 0) is 16.0 Å². The molecule has 6 nitrogen and oxygen atoms in total. The average molecular weight is 444 g/mol. The van der Waals surface area contributed by atoms with Gasteiger partial charge in [-0.3, -0.25) is 4.79 Å². The molecular weight excluding hydrogens is 414 g/mol. The first kappa shape index (κ1) is 21.8. The number of carbonyl (C=O) groups is 1. The molecule has 1 N–H and O–H groups in total. The number of benzene rings is 2. The molecule has 2 aromatic carbocycles. The van der Waals surface area contributed by atoms with Crippen LogP contribution in [0.1, 0.15) is 12.0 Å². The molecule has 4 rings (SSSR count). The highest BCUT2D eigenvalue weighted by Crippen LogP contribution is 2.39. The normalized spacial score (nSPS) is 20.1. The van der Waals surface area contributed by atoms with E-state index in [0.29, 0.717) is 18.2 Å². The summed E-state index contributed by atoms with van der Waals surface area (Å²) in [5.74, 6) is 0.792. The van der Waals surface area contributed by atoms with E-state index in [0.717, 1.165) is 43.9 Å². The average Bonchev–Trinajstić information content (AvgIpc) is 2.80. The number of piperazine rings is 1. The number of carbonyl (C=O) groups excluding carboxylic acids is 1. The smallest absolute Gasteiger partial charge is 0.225 e. The second-order valence-electron chi connectivity index (χ2n) is 8.10. The van der Waals surface area contributed by atoms with Crippen molar-refractivity contribution >= 4 is 28.9 Å². The summed E-state index contributed by atoms with van der Waals surface area (Å²) in [6.45, 7) is 3.69. The van der Waals surface area contributed by atoms with E-state index in [-0.39, 0.29) is 17.9 Å². The minimum absolute atomic E-state index is 0.0785. The lowest BCUT2D eigenvalue weighted by atomic mass is 9.83. The molecule has 2 unspecified atom stereocenters. The Bertz CT molecular complexity index is 923. The van der Waals surface area contributed by atoms with Gasteiger partial charge < -0.3 is 24.6 Å². The van der Waals surface area contributed by atoms with Crippen LogP contribution in [0.3, 0.4) is 0 Å².